The maximum Gasteiger partial charge on any atom is 0.472 e. The predicted octanol–water partition coefficient (Wildman–Crippen LogP) is 15.2. The molecule has 0 spiro atoms. The molecule has 0 bridgehead atoms. The van der Waals surface area contributed by atoms with Gasteiger partial charge in [0.1, 0.15) is 6.61 Å². The van der Waals surface area contributed by atoms with Gasteiger partial charge in [0.05, 0.1) is 13.2 Å². The van der Waals surface area contributed by atoms with Gasteiger partial charge in [-0.15, -0.1) is 0 Å². The molecule has 0 aromatic heterocycles. The Morgan fingerprint density at radius 3 is 1.30 bits per heavy atom. The summed E-state index contributed by atoms with van der Waals surface area (Å²) in [5.74, 6) is -0.858. The van der Waals surface area contributed by atoms with Crippen molar-refractivity contribution in [3.05, 3.63) is 85.1 Å². The molecular weight excluding hydrogens is 810 g/mol. The van der Waals surface area contributed by atoms with Gasteiger partial charge in [-0.3, -0.25) is 18.6 Å². The molecule has 9 nitrogen and oxygen atoms in total. The van der Waals surface area contributed by atoms with Gasteiger partial charge in [0.25, 0.3) is 0 Å². The number of carbonyl (C=O) groups is 2. The molecule has 0 aromatic rings. The number of hydrogen-bond donors (Lipinski definition) is 2. The lowest BCUT2D eigenvalue weighted by Crippen LogP contribution is -2.29. The maximum atomic E-state index is 12.6. The van der Waals surface area contributed by atoms with E-state index in [1.165, 1.54) is 70.6 Å². The average molecular weight is 902 g/mol. The molecule has 0 saturated heterocycles. The second kappa shape index (κ2) is 48.6. The Hall–Kier alpha value is -2.81. The van der Waals surface area contributed by atoms with Crippen LogP contribution < -0.4 is 5.73 Å². The number of nitrogens with two attached hydrogens (primary N) is 1. The van der Waals surface area contributed by atoms with Gasteiger partial charge < -0.3 is 20.1 Å². The molecule has 0 aliphatic rings. The monoisotopic (exact) mass is 902 g/mol. The number of unbranched alkanes of at least 4 members (excludes halogenated alkanes) is 19. The maximum absolute atomic E-state index is 12.6. The second-order valence-corrected chi connectivity index (χ2v) is 17.8. The topological polar surface area (TPSA) is 134 Å². The molecule has 0 amide bonds. The summed E-state index contributed by atoms with van der Waals surface area (Å²) >= 11 is 0. The van der Waals surface area contributed by atoms with Gasteiger partial charge in [-0.05, 0) is 89.9 Å². The SMILES string of the molecule is CC/C=C\C/C=C\C/C=C\C/C=C\C/C=C\CCCCCCCC(=O)OC(COC(=O)CCCCCCCCCCC/C=C\C/C=C\CCCCCCC)COP(=O)(O)OCCN. The van der Waals surface area contributed by atoms with Crippen molar-refractivity contribution in [2.45, 2.75) is 213 Å². The molecule has 0 rings (SSSR count). The standard InChI is InChI=1S/C53H92NO8P/c1-3-5-7-9-11-13-15-17-19-21-23-25-27-29-31-33-35-37-39-41-43-45-52(55)59-49-51(50-61-63(57,58)60-48-47-54)62-53(56)46-44-42-40-38-36-34-32-30-28-26-24-22-20-18-16-14-12-10-8-6-4-2/h6,8,12,14-15,17-18,20-21,23-24,26,30,32,51H,3-5,7,9-11,13,16,19,22,25,27-29,31,33-50,54H2,1-2H3,(H,57,58)/b8-6-,14-12-,17-15-,20-18-,23-21-,26-24-,32-30-. The molecule has 3 N–H and O–H groups in total. The first kappa shape index (κ1) is 60.2. The third-order valence-corrected chi connectivity index (χ3v) is 11.2. The van der Waals surface area contributed by atoms with E-state index in [0.717, 1.165) is 103 Å². The van der Waals surface area contributed by atoms with Crippen LogP contribution in [0.15, 0.2) is 85.1 Å². The van der Waals surface area contributed by atoms with E-state index in [2.05, 4.69) is 98.9 Å². The number of hydrogen-bond acceptors (Lipinski definition) is 8. The van der Waals surface area contributed by atoms with Gasteiger partial charge in [-0.25, -0.2) is 4.57 Å². The highest BCUT2D eigenvalue weighted by Gasteiger charge is 2.26. The van der Waals surface area contributed by atoms with Crippen LogP contribution in [0.25, 0.3) is 0 Å². The molecule has 63 heavy (non-hydrogen) atoms. The quantitative estimate of drug-likeness (QED) is 0.0265. The van der Waals surface area contributed by atoms with Crippen molar-refractivity contribution in [3.8, 4) is 0 Å². The van der Waals surface area contributed by atoms with Gasteiger partial charge in [-0.2, -0.15) is 0 Å². The van der Waals surface area contributed by atoms with Crippen LogP contribution in [-0.2, 0) is 32.7 Å². The van der Waals surface area contributed by atoms with Crippen LogP contribution in [0.4, 0.5) is 0 Å². The van der Waals surface area contributed by atoms with E-state index < -0.39 is 32.5 Å². The van der Waals surface area contributed by atoms with Crippen LogP contribution in [0.3, 0.4) is 0 Å². The number of carbonyl (C=O) groups excluding carboxylic acids is 2. The Morgan fingerprint density at radius 1 is 0.492 bits per heavy atom. The number of allylic oxidation sites excluding steroid dienone is 14. The van der Waals surface area contributed by atoms with E-state index in [-0.39, 0.29) is 32.6 Å². The molecule has 0 aliphatic carbocycles. The van der Waals surface area contributed by atoms with Gasteiger partial charge >= 0.3 is 19.8 Å². The molecule has 2 unspecified atom stereocenters. The Kier molecular flexibility index (Phi) is 46.5. The van der Waals surface area contributed by atoms with Crippen molar-refractivity contribution in [3.63, 3.8) is 0 Å². The van der Waals surface area contributed by atoms with Crippen LogP contribution >= 0.6 is 7.82 Å². The normalized spacial score (nSPS) is 13.9. The lowest BCUT2D eigenvalue weighted by atomic mass is 10.1. The Bertz CT molecular complexity index is 1300. The van der Waals surface area contributed by atoms with Crippen LogP contribution in [0.1, 0.15) is 206 Å². The molecule has 0 radical (unpaired) electrons. The summed E-state index contributed by atoms with van der Waals surface area (Å²) in [5, 5.41) is 0. The summed E-state index contributed by atoms with van der Waals surface area (Å²) in [7, 11) is -4.39. The summed E-state index contributed by atoms with van der Waals surface area (Å²) in [4.78, 5) is 35.0. The number of esters is 2. The molecule has 0 aliphatic heterocycles. The van der Waals surface area contributed by atoms with Crippen LogP contribution in [-0.4, -0.2) is 49.3 Å². The van der Waals surface area contributed by atoms with E-state index in [0.29, 0.717) is 6.42 Å². The third kappa shape index (κ3) is 48.5. The molecule has 10 heteroatoms. The summed E-state index contributed by atoms with van der Waals surface area (Å²) < 4.78 is 32.9. The van der Waals surface area contributed by atoms with Crippen molar-refractivity contribution in [2.24, 2.45) is 5.73 Å². The zero-order valence-electron chi connectivity index (χ0n) is 40.0. The molecule has 0 fully saturated rings. The van der Waals surface area contributed by atoms with E-state index in [4.69, 9.17) is 24.3 Å². The second-order valence-electron chi connectivity index (χ2n) is 16.3. The minimum atomic E-state index is -4.39. The van der Waals surface area contributed by atoms with E-state index in [1.54, 1.807) is 0 Å². The highest BCUT2D eigenvalue weighted by Crippen LogP contribution is 2.43. The minimum absolute atomic E-state index is 0.0450. The van der Waals surface area contributed by atoms with E-state index in [9.17, 15) is 19.0 Å². The van der Waals surface area contributed by atoms with Gasteiger partial charge in [0, 0.05) is 19.4 Å². The fourth-order valence-corrected chi connectivity index (χ4v) is 7.34. The fraction of sp³-hybridized carbons (Fsp3) is 0.698. The molecule has 0 heterocycles. The zero-order valence-corrected chi connectivity index (χ0v) is 40.9. The van der Waals surface area contributed by atoms with Crippen molar-refractivity contribution in [2.75, 3.05) is 26.4 Å². The molecule has 0 saturated carbocycles. The first-order valence-electron chi connectivity index (χ1n) is 25.1. The van der Waals surface area contributed by atoms with Crippen LogP contribution in [0, 0.1) is 0 Å². The van der Waals surface area contributed by atoms with Crippen molar-refractivity contribution >= 4 is 19.8 Å². The third-order valence-electron chi connectivity index (χ3n) is 10.3. The Labute approximate surface area is 385 Å². The summed E-state index contributed by atoms with van der Waals surface area (Å²) in [6.45, 7) is 3.58. The van der Waals surface area contributed by atoms with Gasteiger partial charge in [-0.1, -0.05) is 189 Å². The fourth-order valence-electron chi connectivity index (χ4n) is 6.57. The largest absolute Gasteiger partial charge is 0.472 e. The lowest BCUT2D eigenvalue weighted by molar-refractivity contribution is -0.161. The molecule has 0 aromatic carbocycles. The van der Waals surface area contributed by atoms with Crippen molar-refractivity contribution < 1.29 is 37.6 Å². The number of phosphoric acid groups is 1. The highest BCUT2D eigenvalue weighted by atomic mass is 31.2. The van der Waals surface area contributed by atoms with Gasteiger partial charge in [0.2, 0.25) is 0 Å². The number of phosphoric ester groups is 1. The zero-order chi connectivity index (χ0) is 46.0. The highest BCUT2D eigenvalue weighted by molar-refractivity contribution is 7.47. The van der Waals surface area contributed by atoms with Crippen LogP contribution in [0.2, 0.25) is 0 Å². The van der Waals surface area contributed by atoms with Crippen LogP contribution in [0.5, 0.6) is 0 Å². The smallest absolute Gasteiger partial charge is 0.462 e. The summed E-state index contributed by atoms with van der Waals surface area (Å²) in [6.07, 6.45) is 61.8. The summed E-state index contributed by atoms with van der Waals surface area (Å²) in [6, 6.07) is 0. The summed E-state index contributed by atoms with van der Waals surface area (Å²) in [5.41, 5.74) is 5.36. The first-order valence-corrected chi connectivity index (χ1v) is 26.6. The lowest BCUT2D eigenvalue weighted by Gasteiger charge is -2.19. The molecular formula is C53H92NO8P. The van der Waals surface area contributed by atoms with Crippen molar-refractivity contribution in [1.29, 1.82) is 0 Å². The number of ether oxygens (including phenoxy) is 2. The Balaban J connectivity index is 4.13. The predicted molar refractivity (Wildman–Crippen MR) is 265 cm³/mol. The van der Waals surface area contributed by atoms with E-state index >= 15 is 0 Å². The van der Waals surface area contributed by atoms with Crippen molar-refractivity contribution in [1.82, 2.24) is 0 Å². The average Bonchev–Trinajstić information content (AvgIpc) is 3.27. The number of rotatable bonds is 46. The first-order chi connectivity index (χ1) is 30.8. The Morgan fingerprint density at radius 2 is 0.873 bits per heavy atom. The van der Waals surface area contributed by atoms with E-state index in [1.807, 2.05) is 0 Å². The molecule has 362 valence electrons. The minimum Gasteiger partial charge on any atom is -0.462 e. The molecule has 2 atom stereocenters. The van der Waals surface area contributed by atoms with Gasteiger partial charge in [0.15, 0.2) is 6.10 Å².